The molecule has 9 heteroatoms. The number of nitrogens with zero attached hydrogens (tertiary/aromatic N) is 5. The number of ether oxygens (including phenoxy) is 1. The summed E-state index contributed by atoms with van der Waals surface area (Å²) in [7, 11) is 0. The van der Waals surface area contributed by atoms with E-state index in [-0.39, 0.29) is 16.6 Å². The molecule has 2 saturated heterocycles. The van der Waals surface area contributed by atoms with Gasteiger partial charge in [-0.3, -0.25) is 4.90 Å². The number of carbonyl (C=O) groups is 2. The first-order valence-electron chi connectivity index (χ1n) is 9.87. The number of urea groups is 1. The Bertz CT molecular complexity index is 719. The lowest BCUT2D eigenvalue weighted by Gasteiger charge is -2.42. The molecule has 0 saturated carbocycles. The maximum Gasteiger partial charge on any atom is 0.425 e. The molecule has 0 aromatic carbocycles. The number of aryl methyl sites for hydroxylation is 1. The van der Waals surface area contributed by atoms with E-state index in [0.29, 0.717) is 45.1 Å². The Labute approximate surface area is 166 Å². The van der Waals surface area contributed by atoms with E-state index in [0.717, 1.165) is 18.9 Å². The van der Waals surface area contributed by atoms with Crippen molar-refractivity contribution in [3.8, 4) is 0 Å². The van der Waals surface area contributed by atoms with Crippen molar-refractivity contribution < 1.29 is 14.3 Å². The summed E-state index contributed by atoms with van der Waals surface area (Å²) < 4.78 is 5.64. The molecule has 2 aliphatic heterocycles. The van der Waals surface area contributed by atoms with Gasteiger partial charge in [-0.2, -0.15) is 9.47 Å². The largest absolute Gasteiger partial charge is 0.444 e. The highest BCUT2D eigenvalue weighted by atomic mass is 16.6. The topological polar surface area (TPSA) is 87.7 Å². The highest BCUT2D eigenvalue weighted by Crippen LogP contribution is 2.25. The van der Waals surface area contributed by atoms with Crippen LogP contribution in [0.15, 0.2) is 12.3 Å². The fourth-order valence-corrected chi connectivity index (χ4v) is 3.65. The Kier molecular flexibility index (Phi) is 5.85. The molecule has 3 amide bonds. The maximum atomic E-state index is 13.6. The Morgan fingerprint density at radius 3 is 2.29 bits per heavy atom. The molecule has 0 bridgehead atoms. The number of carbonyl (C=O) groups excluding carboxylic acids is 2. The Morgan fingerprint density at radius 1 is 1.11 bits per heavy atom. The monoisotopic (exact) mass is 391 g/mol. The van der Waals surface area contributed by atoms with Crippen molar-refractivity contribution in [1.29, 1.82) is 0 Å². The number of piperazine rings is 2. The van der Waals surface area contributed by atoms with Crippen molar-refractivity contribution in [3.63, 3.8) is 0 Å². The van der Waals surface area contributed by atoms with Crippen molar-refractivity contribution in [3.05, 3.63) is 18.1 Å². The summed E-state index contributed by atoms with van der Waals surface area (Å²) in [5, 5.41) is 3.33. The van der Waals surface area contributed by atoms with Crippen LogP contribution in [0.1, 0.15) is 26.6 Å². The van der Waals surface area contributed by atoms with Gasteiger partial charge in [0.25, 0.3) is 0 Å². The number of aromatic nitrogens is 2. The van der Waals surface area contributed by atoms with Crippen LogP contribution in [0.25, 0.3) is 0 Å². The van der Waals surface area contributed by atoms with Gasteiger partial charge in [-0.15, -0.1) is 0 Å². The molecule has 0 unspecified atom stereocenters. The van der Waals surface area contributed by atoms with E-state index < -0.39 is 5.60 Å². The lowest BCUT2D eigenvalue weighted by Crippen LogP contribution is -2.68. The molecule has 3 heterocycles. The minimum absolute atomic E-state index is 0.0449. The molecule has 0 atom stereocenters. The zero-order valence-corrected chi connectivity index (χ0v) is 17.3. The third-order valence-electron chi connectivity index (χ3n) is 5.11. The van der Waals surface area contributed by atoms with Gasteiger partial charge in [0.15, 0.2) is 0 Å². The molecule has 0 radical (unpaired) electrons. The normalized spacial score (nSPS) is 20.0. The van der Waals surface area contributed by atoms with Gasteiger partial charge in [-0.05, 0) is 27.7 Å². The second kappa shape index (κ2) is 8.00. The third-order valence-corrected chi connectivity index (χ3v) is 5.11. The van der Waals surface area contributed by atoms with Crippen molar-refractivity contribution in [1.82, 2.24) is 29.6 Å². The average molecular weight is 391 g/mol. The van der Waals surface area contributed by atoms with Crippen molar-refractivity contribution >= 4 is 17.9 Å². The van der Waals surface area contributed by atoms with E-state index in [9.17, 15) is 9.59 Å². The van der Waals surface area contributed by atoms with Crippen LogP contribution >= 0.6 is 0 Å². The van der Waals surface area contributed by atoms with Crippen LogP contribution in [0.2, 0.25) is 0 Å². The Hall–Kier alpha value is -2.26. The Balaban J connectivity index is 1.72. The van der Waals surface area contributed by atoms with E-state index in [1.54, 1.807) is 11.1 Å². The lowest BCUT2D eigenvalue weighted by atomic mass is 10.2. The predicted octanol–water partition coefficient (Wildman–Crippen LogP) is 1.37. The van der Waals surface area contributed by atoms with Crippen LogP contribution in [0.5, 0.6) is 0 Å². The van der Waals surface area contributed by atoms with Crippen LogP contribution in [-0.2, 0) is 4.74 Å². The van der Waals surface area contributed by atoms with Gasteiger partial charge in [-0.25, -0.2) is 14.6 Å². The molecule has 1 aromatic rings. The van der Waals surface area contributed by atoms with Crippen LogP contribution in [0.3, 0.4) is 0 Å². The van der Waals surface area contributed by atoms with E-state index >= 15 is 0 Å². The van der Waals surface area contributed by atoms with Gasteiger partial charge < -0.3 is 15.0 Å². The molecule has 0 aliphatic carbocycles. The van der Waals surface area contributed by atoms with E-state index in [1.807, 2.05) is 38.7 Å². The molecular weight excluding hydrogens is 360 g/mol. The summed E-state index contributed by atoms with van der Waals surface area (Å²) in [5.74, 6) is 1.41. The molecular formula is C19H31N6O3+. The molecule has 3 rings (SSSR count). The van der Waals surface area contributed by atoms with Gasteiger partial charge in [0.2, 0.25) is 5.82 Å². The van der Waals surface area contributed by atoms with Gasteiger partial charge in [-0.1, -0.05) is 0 Å². The Morgan fingerprint density at radius 2 is 1.71 bits per heavy atom. The first-order chi connectivity index (χ1) is 13.2. The highest BCUT2D eigenvalue weighted by Gasteiger charge is 2.46. The van der Waals surface area contributed by atoms with Gasteiger partial charge in [0, 0.05) is 51.5 Å². The summed E-state index contributed by atoms with van der Waals surface area (Å²) in [6.45, 7) is 12.2. The minimum Gasteiger partial charge on any atom is -0.444 e. The molecule has 154 valence electrons. The fraction of sp³-hybridized carbons (Fsp3) is 0.684. The molecule has 9 nitrogen and oxygen atoms in total. The quantitative estimate of drug-likeness (QED) is 0.728. The van der Waals surface area contributed by atoms with Gasteiger partial charge in [0.05, 0.1) is 0 Å². The van der Waals surface area contributed by atoms with Gasteiger partial charge >= 0.3 is 12.1 Å². The summed E-state index contributed by atoms with van der Waals surface area (Å²) >= 11 is 0. The summed E-state index contributed by atoms with van der Waals surface area (Å²) in [6.07, 6.45) is 1.39. The molecule has 1 aromatic heterocycles. The summed E-state index contributed by atoms with van der Waals surface area (Å²) in [4.78, 5) is 38.1. The van der Waals surface area contributed by atoms with Crippen LogP contribution in [-0.4, -0.2) is 89.9 Å². The van der Waals surface area contributed by atoms with Crippen LogP contribution < -0.4 is 9.80 Å². The van der Waals surface area contributed by atoms with Crippen LogP contribution in [0.4, 0.5) is 15.4 Å². The molecule has 2 fully saturated rings. The molecule has 1 N–H and O–H groups in total. The van der Waals surface area contributed by atoms with Crippen LogP contribution in [0, 0.1) is 6.92 Å². The first-order valence-corrected chi connectivity index (χ1v) is 9.87. The van der Waals surface area contributed by atoms with E-state index in [4.69, 9.17) is 4.74 Å². The SMILES string of the molecule is Cc1nccc([N+]2(C(=O)N3CCN(C(=O)OC(C)(C)C)CC3)CCNCC2)n1. The van der Waals surface area contributed by atoms with Crippen molar-refractivity contribution in [2.24, 2.45) is 0 Å². The molecule has 2 aliphatic rings. The molecule has 28 heavy (non-hydrogen) atoms. The lowest BCUT2D eigenvalue weighted by molar-refractivity contribution is 0.0157. The number of rotatable bonds is 1. The highest BCUT2D eigenvalue weighted by molar-refractivity contribution is 5.86. The maximum absolute atomic E-state index is 13.6. The van der Waals surface area contributed by atoms with Gasteiger partial charge in [0.1, 0.15) is 24.5 Å². The molecule has 0 spiro atoms. The summed E-state index contributed by atoms with van der Waals surface area (Å²) in [6, 6.07) is 1.89. The standard InChI is InChI=1S/C19H31N6O3/c1-15-21-6-5-16(22-15)25(13-7-20-8-14-25)17(26)23-9-11-24(12-10-23)18(27)28-19(2,3)4/h5-6,20H,7-14H2,1-4H3/q+1. The van der Waals surface area contributed by atoms with E-state index in [2.05, 4.69) is 15.3 Å². The predicted molar refractivity (Wildman–Crippen MR) is 106 cm³/mol. The second-order valence-corrected chi connectivity index (χ2v) is 8.36. The number of hydrogen-bond acceptors (Lipinski definition) is 6. The zero-order chi connectivity index (χ0) is 20.4. The number of nitrogens with one attached hydrogen (secondary N) is 1. The van der Waals surface area contributed by atoms with Crippen molar-refractivity contribution in [2.75, 3.05) is 52.4 Å². The van der Waals surface area contributed by atoms with E-state index in [1.165, 1.54) is 0 Å². The second-order valence-electron chi connectivity index (χ2n) is 8.36. The minimum atomic E-state index is -0.523. The fourth-order valence-electron chi connectivity index (χ4n) is 3.65. The summed E-state index contributed by atoms with van der Waals surface area (Å²) in [5.41, 5.74) is -0.523. The zero-order valence-electron chi connectivity index (χ0n) is 17.3. The number of amides is 3. The number of quaternary nitrogens is 1. The number of hydrogen-bond donors (Lipinski definition) is 1. The first kappa shape index (κ1) is 20.5. The van der Waals surface area contributed by atoms with Crippen molar-refractivity contribution in [2.45, 2.75) is 33.3 Å². The average Bonchev–Trinajstić information content (AvgIpc) is 2.67. The smallest absolute Gasteiger partial charge is 0.425 e. The third kappa shape index (κ3) is 4.41.